The van der Waals surface area contributed by atoms with Gasteiger partial charge in [0.15, 0.2) is 5.82 Å². The van der Waals surface area contributed by atoms with Crippen LogP contribution in [0.1, 0.15) is 42.4 Å². The maximum atomic E-state index is 13.3. The summed E-state index contributed by atoms with van der Waals surface area (Å²) in [6.45, 7) is 1.48. The van der Waals surface area contributed by atoms with Gasteiger partial charge in [0.25, 0.3) is 0 Å². The number of halogens is 1. The fraction of sp³-hybridized carbons (Fsp3) is 0.450. The van der Waals surface area contributed by atoms with Gasteiger partial charge in [-0.25, -0.2) is 14.4 Å². The third kappa shape index (κ3) is 4.64. The van der Waals surface area contributed by atoms with E-state index in [0.29, 0.717) is 12.8 Å². The molecule has 1 atom stereocenters. The van der Waals surface area contributed by atoms with Crippen LogP contribution in [-0.4, -0.2) is 46.3 Å². The molecule has 0 spiro atoms. The van der Waals surface area contributed by atoms with Gasteiger partial charge in [-0.1, -0.05) is 12.1 Å². The number of benzene rings is 1. The van der Waals surface area contributed by atoms with Crippen LogP contribution >= 0.6 is 0 Å². The van der Waals surface area contributed by atoms with E-state index in [1.54, 1.807) is 12.3 Å². The Kier molecular flexibility index (Phi) is 5.93. The van der Waals surface area contributed by atoms with Crippen LogP contribution in [0.25, 0.3) is 0 Å². The summed E-state index contributed by atoms with van der Waals surface area (Å²) in [5.74, 6) is 0.541. The molecule has 2 heterocycles. The number of carbonyl (C=O) groups is 1. The third-order valence-electron chi connectivity index (χ3n) is 4.60. The van der Waals surface area contributed by atoms with Gasteiger partial charge in [-0.15, -0.1) is 0 Å². The molecule has 0 unspecified atom stereocenters. The van der Waals surface area contributed by atoms with Crippen molar-refractivity contribution < 1.29 is 9.18 Å². The minimum absolute atomic E-state index is 0.0582. The summed E-state index contributed by atoms with van der Waals surface area (Å²) in [6.07, 6.45) is 4.53. The fourth-order valence-corrected chi connectivity index (χ4v) is 3.41. The maximum Gasteiger partial charge on any atom is 0.223 e. The summed E-state index contributed by atoms with van der Waals surface area (Å²) in [5.41, 5.74) is 1.80. The molecule has 3 rings (SSSR count). The van der Waals surface area contributed by atoms with Crippen LogP contribution in [0.3, 0.4) is 0 Å². The predicted molar refractivity (Wildman–Crippen MR) is 97.8 cm³/mol. The van der Waals surface area contributed by atoms with E-state index >= 15 is 0 Å². The molecule has 138 valence electrons. The Morgan fingerprint density at radius 2 is 2.19 bits per heavy atom. The van der Waals surface area contributed by atoms with Gasteiger partial charge in [0, 0.05) is 25.7 Å². The summed E-state index contributed by atoms with van der Waals surface area (Å²) >= 11 is 0. The number of amides is 1. The normalized spacial score (nSPS) is 17.1. The summed E-state index contributed by atoms with van der Waals surface area (Å²) in [7, 11) is 4.00. The number of aromatic nitrogens is 2. The molecular weight excluding hydrogens is 331 g/mol. The van der Waals surface area contributed by atoms with Crippen molar-refractivity contribution in [1.82, 2.24) is 19.8 Å². The van der Waals surface area contributed by atoms with Crippen molar-refractivity contribution in [3.05, 3.63) is 59.4 Å². The molecule has 6 heteroatoms. The van der Waals surface area contributed by atoms with Crippen molar-refractivity contribution >= 4 is 5.91 Å². The number of hydrogen-bond donors (Lipinski definition) is 0. The first-order chi connectivity index (χ1) is 12.5. The lowest BCUT2D eigenvalue weighted by atomic mass is 10.1. The molecule has 1 aliphatic heterocycles. The number of carbonyl (C=O) groups excluding carboxylic acids is 1. The molecule has 1 aromatic carbocycles. The van der Waals surface area contributed by atoms with Crippen molar-refractivity contribution in [3.63, 3.8) is 0 Å². The van der Waals surface area contributed by atoms with Crippen LogP contribution in [0.15, 0.2) is 36.5 Å². The van der Waals surface area contributed by atoms with E-state index in [1.807, 2.05) is 31.1 Å². The minimum atomic E-state index is -0.264. The zero-order valence-electron chi connectivity index (χ0n) is 15.4. The van der Waals surface area contributed by atoms with Crippen LogP contribution in [0.2, 0.25) is 0 Å². The van der Waals surface area contributed by atoms with Gasteiger partial charge in [-0.2, -0.15) is 0 Å². The molecular formula is C20H25FN4O. The highest BCUT2D eigenvalue weighted by Crippen LogP contribution is 2.30. The molecule has 0 N–H and O–H groups in total. The molecule has 0 saturated carbocycles. The first-order valence-electron chi connectivity index (χ1n) is 9.03. The van der Waals surface area contributed by atoms with Gasteiger partial charge < -0.3 is 9.80 Å². The van der Waals surface area contributed by atoms with Gasteiger partial charge in [0.05, 0.1) is 11.7 Å². The van der Waals surface area contributed by atoms with Crippen molar-refractivity contribution in [2.24, 2.45) is 0 Å². The van der Waals surface area contributed by atoms with Gasteiger partial charge in [0.1, 0.15) is 5.82 Å². The molecule has 1 amide bonds. The van der Waals surface area contributed by atoms with E-state index in [4.69, 9.17) is 0 Å². The second kappa shape index (κ2) is 8.36. The Morgan fingerprint density at radius 3 is 2.96 bits per heavy atom. The summed E-state index contributed by atoms with van der Waals surface area (Å²) in [4.78, 5) is 25.7. The smallest absolute Gasteiger partial charge is 0.223 e. The molecule has 5 nitrogen and oxygen atoms in total. The molecule has 2 aromatic rings. The number of aryl methyl sites for hydroxylation is 1. The lowest BCUT2D eigenvalue weighted by Crippen LogP contribution is -2.31. The van der Waals surface area contributed by atoms with E-state index in [9.17, 15) is 9.18 Å². The van der Waals surface area contributed by atoms with Crippen LogP contribution in [0.4, 0.5) is 4.39 Å². The zero-order chi connectivity index (χ0) is 18.5. The SMILES string of the molecule is CN(C)Cc1ccnc([C@@H]2CCCN2C(=O)CCc2cccc(F)c2)n1. The molecule has 0 aliphatic carbocycles. The molecule has 0 bridgehead atoms. The third-order valence-corrected chi connectivity index (χ3v) is 4.60. The van der Waals surface area contributed by atoms with Gasteiger partial charge in [0.2, 0.25) is 5.91 Å². The summed E-state index contributed by atoms with van der Waals surface area (Å²) < 4.78 is 13.3. The van der Waals surface area contributed by atoms with Gasteiger partial charge in [-0.05, 0) is 57.1 Å². The standard InChI is InChI=1S/C20H25FN4O/c1-24(2)14-17-10-11-22-20(23-17)18-7-4-12-25(18)19(26)9-8-15-5-3-6-16(21)13-15/h3,5-6,10-11,13,18H,4,7-9,12,14H2,1-2H3/t18-/m0/s1. The van der Waals surface area contributed by atoms with Gasteiger partial charge in [-0.3, -0.25) is 4.79 Å². The highest BCUT2D eigenvalue weighted by molar-refractivity contribution is 5.77. The molecule has 1 aromatic heterocycles. The highest BCUT2D eigenvalue weighted by atomic mass is 19.1. The molecule has 26 heavy (non-hydrogen) atoms. The second-order valence-corrected chi connectivity index (χ2v) is 7.02. The van der Waals surface area contributed by atoms with E-state index in [-0.39, 0.29) is 17.8 Å². The quantitative estimate of drug-likeness (QED) is 0.798. The Morgan fingerprint density at radius 1 is 1.35 bits per heavy atom. The lowest BCUT2D eigenvalue weighted by Gasteiger charge is -2.24. The van der Waals surface area contributed by atoms with Crippen LogP contribution in [0.5, 0.6) is 0 Å². The fourth-order valence-electron chi connectivity index (χ4n) is 3.41. The predicted octanol–water partition coefficient (Wildman–Crippen LogP) is 2.97. The largest absolute Gasteiger partial charge is 0.332 e. The lowest BCUT2D eigenvalue weighted by molar-refractivity contribution is -0.132. The van der Waals surface area contributed by atoms with Crippen LogP contribution in [0, 0.1) is 5.82 Å². The van der Waals surface area contributed by atoms with Gasteiger partial charge >= 0.3 is 0 Å². The van der Waals surface area contributed by atoms with E-state index < -0.39 is 0 Å². The molecule has 0 radical (unpaired) electrons. The summed E-state index contributed by atoms with van der Waals surface area (Å²) in [6, 6.07) is 8.29. The first-order valence-corrected chi connectivity index (χ1v) is 9.03. The highest BCUT2D eigenvalue weighted by Gasteiger charge is 2.31. The molecule has 1 fully saturated rings. The monoisotopic (exact) mass is 356 g/mol. The number of hydrogen-bond acceptors (Lipinski definition) is 4. The minimum Gasteiger partial charge on any atom is -0.332 e. The first kappa shape index (κ1) is 18.5. The van der Waals surface area contributed by atoms with Crippen molar-refractivity contribution in [1.29, 1.82) is 0 Å². The Hall–Kier alpha value is -2.34. The molecule has 1 aliphatic rings. The Labute approximate surface area is 153 Å². The van der Waals surface area contributed by atoms with Crippen molar-refractivity contribution in [2.75, 3.05) is 20.6 Å². The number of likely N-dealkylation sites (tertiary alicyclic amines) is 1. The zero-order valence-corrected chi connectivity index (χ0v) is 15.4. The summed E-state index contributed by atoms with van der Waals surface area (Å²) in [5, 5.41) is 0. The van der Waals surface area contributed by atoms with Crippen molar-refractivity contribution in [3.8, 4) is 0 Å². The van der Waals surface area contributed by atoms with Crippen molar-refractivity contribution in [2.45, 2.75) is 38.3 Å². The average Bonchev–Trinajstić information content (AvgIpc) is 3.09. The Balaban J connectivity index is 1.66. The number of nitrogens with zero attached hydrogens (tertiary/aromatic N) is 4. The average molecular weight is 356 g/mol. The Bertz CT molecular complexity index is 765. The number of rotatable bonds is 6. The topological polar surface area (TPSA) is 49.3 Å². The van der Waals surface area contributed by atoms with Crippen LogP contribution in [-0.2, 0) is 17.8 Å². The van der Waals surface area contributed by atoms with Crippen LogP contribution < -0.4 is 0 Å². The van der Waals surface area contributed by atoms with E-state index in [0.717, 1.165) is 43.0 Å². The maximum absolute atomic E-state index is 13.3. The van der Waals surface area contributed by atoms with E-state index in [2.05, 4.69) is 14.9 Å². The second-order valence-electron chi connectivity index (χ2n) is 7.02. The molecule has 1 saturated heterocycles. The van der Waals surface area contributed by atoms with E-state index in [1.165, 1.54) is 12.1 Å².